The van der Waals surface area contributed by atoms with E-state index >= 15 is 0 Å². The third-order valence-corrected chi connectivity index (χ3v) is 5.96. The molecule has 2 rings (SSSR count). The van der Waals surface area contributed by atoms with Crippen LogP contribution in [0.4, 0.5) is 0 Å². The number of hydrogen-bond donors (Lipinski definition) is 2. The Labute approximate surface area is 127 Å². The Morgan fingerprint density at radius 1 is 1.10 bits per heavy atom. The second kappa shape index (κ2) is 7.59. The average molecular weight is 310 g/mol. The van der Waals surface area contributed by atoms with Gasteiger partial charge in [-0.3, -0.25) is 9.59 Å². The number of benzene rings is 1. The maximum atomic E-state index is 11.9. The van der Waals surface area contributed by atoms with Crippen LogP contribution in [-0.2, 0) is 4.79 Å². The molecule has 0 radical (unpaired) electrons. The van der Waals surface area contributed by atoms with Gasteiger partial charge in [-0.1, -0.05) is 12.1 Å². The maximum Gasteiger partial charge on any atom is 0.251 e. The first kappa shape index (κ1) is 15.3. The quantitative estimate of drug-likeness (QED) is 0.817. The van der Waals surface area contributed by atoms with Gasteiger partial charge in [-0.25, -0.2) is 0 Å². The molecule has 6 heteroatoms. The van der Waals surface area contributed by atoms with Crippen molar-refractivity contribution in [2.45, 2.75) is 11.5 Å². The van der Waals surface area contributed by atoms with Gasteiger partial charge in [0.2, 0.25) is 5.91 Å². The van der Waals surface area contributed by atoms with Gasteiger partial charge < -0.3 is 10.6 Å². The van der Waals surface area contributed by atoms with Crippen molar-refractivity contribution in [3.63, 3.8) is 0 Å². The minimum absolute atomic E-state index is 0.0878. The number of carbonyl (C=O) groups is 2. The number of nitrogens with one attached hydrogen (secondary N) is 2. The van der Waals surface area contributed by atoms with Gasteiger partial charge >= 0.3 is 0 Å². The molecule has 2 amide bonds. The highest BCUT2D eigenvalue weighted by Crippen LogP contribution is 2.45. The second-order valence-electron chi connectivity index (χ2n) is 4.43. The second-order valence-corrected chi connectivity index (χ2v) is 7.16. The van der Waals surface area contributed by atoms with Crippen LogP contribution in [0.3, 0.4) is 0 Å². The highest BCUT2D eigenvalue weighted by Gasteiger charge is 2.18. The molecule has 0 unspecified atom stereocenters. The van der Waals surface area contributed by atoms with E-state index in [1.807, 2.05) is 47.8 Å². The maximum absolute atomic E-state index is 11.9. The highest BCUT2D eigenvalue weighted by molar-refractivity contribution is 8.19. The molecule has 4 nitrogen and oxygen atoms in total. The fourth-order valence-electron chi connectivity index (χ4n) is 1.86. The van der Waals surface area contributed by atoms with Crippen LogP contribution < -0.4 is 10.6 Å². The van der Waals surface area contributed by atoms with E-state index in [1.54, 1.807) is 0 Å². The summed E-state index contributed by atoms with van der Waals surface area (Å²) in [4.78, 5) is 22.6. The van der Waals surface area contributed by atoms with Gasteiger partial charge in [0.15, 0.2) is 0 Å². The summed E-state index contributed by atoms with van der Waals surface area (Å²) >= 11 is 3.90. The van der Waals surface area contributed by atoms with Gasteiger partial charge in [-0.2, -0.15) is 0 Å². The first-order valence-electron chi connectivity index (χ1n) is 6.52. The molecule has 1 saturated heterocycles. The van der Waals surface area contributed by atoms with Crippen LogP contribution in [0.25, 0.3) is 0 Å². The largest absolute Gasteiger partial charge is 0.355 e. The summed E-state index contributed by atoms with van der Waals surface area (Å²) in [5.41, 5.74) is 1.93. The van der Waals surface area contributed by atoms with Crippen LogP contribution >= 0.6 is 23.5 Å². The number of amides is 2. The van der Waals surface area contributed by atoms with Crippen LogP contribution in [0.2, 0.25) is 0 Å². The van der Waals surface area contributed by atoms with Gasteiger partial charge in [-0.05, 0) is 17.7 Å². The van der Waals surface area contributed by atoms with Gasteiger partial charge in [0.25, 0.3) is 5.91 Å². The highest BCUT2D eigenvalue weighted by atomic mass is 32.2. The van der Waals surface area contributed by atoms with Crippen molar-refractivity contribution in [3.8, 4) is 0 Å². The van der Waals surface area contributed by atoms with Crippen LogP contribution in [0.15, 0.2) is 24.3 Å². The van der Waals surface area contributed by atoms with Crippen molar-refractivity contribution in [1.29, 1.82) is 0 Å². The molecule has 2 N–H and O–H groups in total. The van der Waals surface area contributed by atoms with Crippen molar-refractivity contribution in [3.05, 3.63) is 35.4 Å². The van der Waals surface area contributed by atoms with Gasteiger partial charge in [0.1, 0.15) is 0 Å². The lowest BCUT2D eigenvalue weighted by Gasteiger charge is -2.09. The molecular weight excluding hydrogens is 292 g/mol. The van der Waals surface area contributed by atoms with E-state index in [2.05, 4.69) is 10.6 Å². The minimum atomic E-state index is -0.103. The lowest BCUT2D eigenvalue weighted by Crippen LogP contribution is -2.33. The fourth-order valence-corrected chi connectivity index (χ4v) is 4.72. The van der Waals surface area contributed by atoms with E-state index in [0.29, 0.717) is 23.2 Å². The first-order chi connectivity index (χ1) is 9.66. The van der Waals surface area contributed by atoms with Crippen molar-refractivity contribution in [2.75, 3.05) is 24.6 Å². The van der Waals surface area contributed by atoms with Gasteiger partial charge in [-0.15, -0.1) is 23.5 Å². The Morgan fingerprint density at radius 2 is 1.70 bits per heavy atom. The van der Waals surface area contributed by atoms with Crippen LogP contribution in [0.1, 0.15) is 27.4 Å². The third kappa shape index (κ3) is 4.45. The third-order valence-electron chi connectivity index (χ3n) is 2.85. The summed E-state index contributed by atoms with van der Waals surface area (Å²) < 4.78 is 0.506. The Bertz CT molecular complexity index is 471. The van der Waals surface area contributed by atoms with Crippen molar-refractivity contribution >= 4 is 35.3 Å². The van der Waals surface area contributed by atoms with Crippen LogP contribution in [0.5, 0.6) is 0 Å². The SMILES string of the molecule is CC(=O)NCCNC(=O)c1ccc(C2SCCS2)cc1. The zero-order valence-electron chi connectivity index (χ0n) is 11.3. The molecule has 108 valence electrons. The lowest BCUT2D eigenvalue weighted by molar-refractivity contribution is -0.118. The van der Waals surface area contributed by atoms with E-state index in [0.717, 1.165) is 0 Å². The number of rotatable bonds is 5. The molecule has 20 heavy (non-hydrogen) atoms. The smallest absolute Gasteiger partial charge is 0.251 e. The molecule has 0 spiro atoms. The number of hydrogen-bond acceptors (Lipinski definition) is 4. The predicted octanol–water partition coefficient (Wildman–Crippen LogP) is 2.03. The van der Waals surface area contributed by atoms with Gasteiger partial charge in [0.05, 0.1) is 4.58 Å². The molecule has 1 aliphatic rings. The summed E-state index contributed by atoms with van der Waals surface area (Å²) in [6, 6.07) is 7.78. The molecular formula is C14H18N2O2S2. The van der Waals surface area contributed by atoms with E-state index in [9.17, 15) is 9.59 Å². The summed E-state index contributed by atoms with van der Waals surface area (Å²) in [6.45, 7) is 2.35. The zero-order chi connectivity index (χ0) is 14.4. The van der Waals surface area contributed by atoms with Gasteiger partial charge in [0, 0.05) is 37.1 Å². The van der Waals surface area contributed by atoms with E-state index in [4.69, 9.17) is 0 Å². The average Bonchev–Trinajstić information content (AvgIpc) is 2.97. The van der Waals surface area contributed by atoms with E-state index < -0.39 is 0 Å². The normalized spacial score (nSPS) is 15.1. The summed E-state index contributed by atoms with van der Waals surface area (Å²) in [7, 11) is 0. The fraction of sp³-hybridized carbons (Fsp3) is 0.429. The topological polar surface area (TPSA) is 58.2 Å². The predicted molar refractivity (Wildman–Crippen MR) is 85.1 cm³/mol. The molecule has 1 aromatic rings. The summed E-state index contributed by atoms with van der Waals surface area (Å²) in [5.74, 6) is 2.20. The molecule has 0 saturated carbocycles. The molecule has 0 aromatic heterocycles. The van der Waals surface area contributed by atoms with Crippen molar-refractivity contribution < 1.29 is 9.59 Å². The standard InChI is InChI=1S/C14H18N2O2S2/c1-10(17)15-6-7-16-13(18)11-2-4-12(5-3-11)14-19-8-9-20-14/h2-5,14H,6-9H2,1H3,(H,15,17)(H,16,18). The molecule has 0 atom stereocenters. The molecule has 0 bridgehead atoms. The molecule has 1 heterocycles. The number of carbonyl (C=O) groups excluding carboxylic acids is 2. The lowest BCUT2D eigenvalue weighted by atomic mass is 10.1. The van der Waals surface area contributed by atoms with Crippen LogP contribution in [-0.4, -0.2) is 36.4 Å². The Balaban J connectivity index is 1.82. The first-order valence-corrected chi connectivity index (χ1v) is 8.62. The zero-order valence-corrected chi connectivity index (χ0v) is 13.0. The van der Waals surface area contributed by atoms with Crippen molar-refractivity contribution in [1.82, 2.24) is 10.6 Å². The number of thioether (sulfide) groups is 2. The molecule has 1 aromatic carbocycles. The van der Waals surface area contributed by atoms with E-state index in [-0.39, 0.29) is 11.8 Å². The summed E-state index contributed by atoms with van der Waals surface area (Å²) in [5, 5.41) is 5.42. The molecule has 1 fully saturated rings. The Morgan fingerprint density at radius 3 is 2.30 bits per heavy atom. The minimum Gasteiger partial charge on any atom is -0.355 e. The van der Waals surface area contributed by atoms with E-state index in [1.165, 1.54) is 24.0 Å². The Kier molecular flexibility index (Phi) is 5.79. The molecule has 0 aliphatic carbocycles. The molecule has 1 aliphatic heterocycles. The van der Waals surface area contributed by atoms with Crippen LogP contribution in [0, 0.1) is 0 Å². The Hall–Kier alpha value is -1.14. The van der Waals surface area contributed by atoms with Crippen molar-refractivity contribution in [2.24, 2.45) is 0 Å². The monoisotopic (exact) mass is 310 g/mol. The summed E-state index contributed by atoms with van der Waals surface area (Å²) in [6.07, 6.45) is 0.